The summed E-state index contributed by atoms with van der Waals surface area (Å²) in [4.78, 5) is 23.9. The Morgan fingerprint density at radius 3 is 2.17 bits per heavy atom. The molecule has 0 aromatic heterocycles. The highest BCUT2D eigenvalue weighted by Gasteiger charge is 2.22. The molecule has 0 radical (unpaired) electrons. The molecule has 1 amide bonds. The molecule has 23 heavy (non-hydrogen) atoms. The Bertz CT molecular complexity index is 329. The van der Waals surface area contributed by atoms with Crippen molar-refractivity contribution in [2.45, 2.75) is 92.0 Å². The van der Waals surface area contributed by atoms with Crippen molar-refractivity contribution in [3.05, 3.63) is 0 Å². The molecule has 0 aromatic carbocycles. The van der Waals surface area contributed by atoms with Gasteiger partial charge in [0.2, 0.25) is 5.91 Å². The predicted molar refractivity (Wildman–Crippen MR) is 95.2 cm³/mol. The molecule has 4 nitrogen and oxygen atoms in total. The van der Waals surface area contributed by atoms with Gasteiger partial charge in [0.05, 0.1) is 12.5 Å². The van der Waals surface area contributed by atoms with Gasteiger partial charge >= 0.3 is 5.97 Å². The molecule has 1 N–H and O–H groups in total. The van der Waals surface area contributed by atoms with Crippen LogP contribution in [0.15, 0.2) is 0 Å². The molecular formula is C19H37NO3. The van der Waals surface area contributed by atoms with Crippen molar-refractivity contribution in [2.24, 2.45) is 11.8 Å². The molecule has 0 saturated carbocycles. The molecule has 0 bridgehead atoms. The second-order valence-electron chi connectivity index (χ2n) is 6.95. The van der Waals surface area contributed by atoms with Crippen molar-refractivity contribution in [3.8, 4) is 0 Å². The Morgan fingerprint density at radius 2 is 1.61 bits per heavy atom. The van der Waals surface area contributed by atoms with Crippen molar-refractivity contribution in [3.63, 3.8) is 0 Å². The third-order valence-electron chi connectivity index (χ3n) is 3.96. The molecule has 0 rings (SSSR count). The fourth-order valence-corrected chi connectivity index (χ4v) is 2.78. The minimum Gasteiger partial charge on any atom is -0.466 e. The summed E-state index contributed by atoms with van der Waals surface area (Å²) >= 11 is 0. The van der Waals surface area contributed by atoms with Gasteiger partial charge in [-0.05, 0) is 32.1 Å². The van der Waals surface area contributed by atoms with Crippen molar-refractivity contribution in [1.82, 2.24) is 5.32 Å². The zero-order chi connectivity index (χ0) is 17.7. The van der Waals surface area contributed by atoms with Crippen LogP contribution in [0, 0.1) is 11.8 Å². The van der Waals surface area contributed by atoms with E-state index < -0.39 is 0 Å². The van der Waals surface area contributed by atoms with Crippen molar-refractivity contribution in [2.75, 3.05) is 6.61 Å². The van der Waals surface area contributed by atoms with Crippen molar-refractivity contribution < 1.29 is 14.3 Å². The normalized spacial score (nSPS) is 13.7. The number of rotatable bonds is 13. The molecule has 0 heterocycles. The lowest BCUT2D eigenvalue weighted by Crippen LogP contribution is -2.38. The first-order chi connectivity index (χ1) is 10.9. The lowest BCUT2D eigenvalue weighted by atomic mass is 9.94. The molecule has 0 aliphatic rings. The Balaban J connectivity index is 4.26. The number of carbonyl (C=O) groups is 2. The number of unbranched alkanes of at least 4 members (excludes halogenated alkanes) is 4. The van der Waals surface area contributed by atoms with E-state index in [1.807, 2.05) is 13.8 Å². The minimum atomic E-state index is -0.177. The van der Waals surface area contributed by atoms with Gasteiger partial charge in [-0.15, -0.1) is 0 Å². The van der Waals surface area contributed by atoms with E-state index in [2.05, 4.69) is 26.1 Å². The zero-order valence-electron chi connectivity index (χ0n) is 15.8. The van der Waals surface area contributed by atoms with Crippen molar-refractivity contribution >= 4 is 11.9 Å². The fourth-order valence-electron chi connectivity index (χ4n) is 2.78. The molecule has 0 saturated heterocycles. The van der Waals surface area contributed by atoms with Crippen LogP contribution in [0.25, 0.3) is 0 Å². The van der Waals surface area contributed by atoms with Crippen LogP contribution < -0.4 is 5.32 Å². The van der Waals surface area contributed by atoms with Gasteiger partial charge in [0.25, 0.3) is 0 Å². The minimum absolute atomic E-state index is 0.0533. The number of carbonyl (C=O) groups excluding carboxylic acids is 2. The maximum atomic E-state index is 12.1. The maximum Gasteiger partial charge on any atom is 0.308 e. The predicted octanol–water partition coefficient (Wildman–Crippen LogP) is 4.47. The summed E-state index contributed by atoms with van der Waals surface area (Å²) in [6.45, 7) is 10.6. The van der Waals surface area contributed by atoms with Gasteiger partial charge in [0, 0.05) is 12.5 Å². The highest BCUT2D eigenvalue weighted by molar-refractivity contribution is 5.76. The fraction of sp³-hybridized carbons (Fsp3) is 0.895. The molecule has 0 aliphatic carbocycles. The van der Waals surface area contributed by atoms with Gasteiger partial charge in [0.15, 0.2) is 0 Å². The number of amides is 1. The lowest BCUT2D eigenvalue weighted by molar-refractivity contribution is -0.148. The SMILES string of the molecule is CCCCCCCC(=O)N[C@H](CC(C)C)CC(C)C(=O)OCC. The van der Waals surface area contributed by atoms with Crippen LogP contribution in [0.5, 0.6) is 0 Å². The summed E-state index contributed by atoms with van der Waals surface area (Å²) in [5.74, 6) is 0.251. The Morgan fingerprint density at radius 1 is 0.957 bits per heavy atom. The van der Waals surface area contributed by atoms with Gasteiger partial charge in [0.1, 0.15) is 0 Å². The molecule has 0 aliphatic heterocycles. The molecular weight excluding hydrogens is 290 g/mol. The Labute approximate surface area is 142 Å². The summed E-state index contributed by atoms with van der Waals surface area (Å²) in [6.07, 6.45) is 7.88. The third kappa shape index (κ3) is 12.1. The molecule has 0 spiro atoms. The average Bonchev–Trinajstić information content (AvgIpc) is 2.46. The van der Waals surface area contributed by atoms with Gasteiger partial charge in [-0.3, -0.25) is 9.59 Å². The standard InChI is InChI=1S/C19H37NO3/c1-6-8-9-10-11-12-18(21)20-17(13-15(3)4)14-16(5)19(22)23-7-2/h15-17H,6-14H2,1-5H3,(H,20,21)/t16?,17-/m1/s1. The number of ether oxygens (including phenoxy) is 1. The van der Waals surface area contributed by atoms with E-state index in [0.29, 0.717) is 25.4 Å². The second kappa shape index (κ2) is 13.4. The summed E-state index contributed by atoms with van der Waals surface area (Å²) in [5, 5.41) is 3.12. The average molecular weight is 328 g/mol. The van der Waals surface area contributed by atoms with E-state index >= 15 is 0 Å². The molecule has 0 fully saturated rings. The van der Waals surface area contributed by atoms with E-state index in [-0.39, 0.29) is 23.8 Å². The van der Waals surface area contributed by atoms with Gasteiger partial charge < -0.3 is 10.1 Å². The maximum absolute atomic E-state index is 12.1. The Hall–Kier alpha value is -1.06. The molecule has 1 unspecified atom stereocenters. The summed E-state index contributed by atoms with van der Waals surface area (Å²) in [7, 11) is 0. The van der Waals surface area contributed by atoms with Crippen LogP contribution in [-0.2, 0) is 14.3 Å². The van der Waals surface area contributed by atoms with E-state index in [1.54, 1.807) is 0 Å². The highest BCUT2D eigenvalue weighted by Crippen LogP contribution is 2.16. The smallest absolute Gasteiger partial charge is 0.308 e. The quantitative estimate of drug-likeness (QED) is 0.401. The molecule has 4 heteroatoms. The van der Waals surface area contributed by atoms with Crippen LogP contribution in [-0.4, -0.2) is 24.5 Å². The topological polar surface area (TPSA) is 55.4 Å². The summed E-state index contributed by atoms with van der Waals surface area (Å²) in [5.41, 5.74) is 0. The summed E-state index contributed by atoms with van der Waals surface area (Å²) < 4.78 is 5.07. The van der Waals surface area contributed by atoms with E-state index in [1.165, 1.54) is 19.3 Å². The first-order valence-electron chi connectivity index (χ1n) is 9.36. The number of esters is 1. The van der Waals surface area contributed by atoms with Crippen molar-refractivity contribution in [1.29, 1.82) is 0 Å². The number of hydrogen-bond acceptors (Lipinski definition) is 3. The lowest BCUT2D eigenvalue weighted by Gasteiger charge is -2.23. The van der Waals surface area contributed by atoms with Crippen LogP contribution in [0.1, 0.15) is 86.0 Å². The molecule has 0 aromatic rings. The first-order valence-corrected chi connectivity index (χ1v) is 9.36. The van der Waals surface area contributed by atoms with Gasteiger partial charge in [-0.25, -0.2) is 0 Å². The van der Waals surface area contributed by atoms with Gasteiger partial charge in [-0.2, -0.15) is 0 Å². The van der Waals surface area contributed by atoms with Gasteiger partial charge in [-0.1, -0.05) is 53.4 Å². The number of hydrogen-bond donors (Lipinski definition) is 1. The Kier molecular flexibility index (Phi) is 12.8. The van der Waals surface area contributed by atoms with Crippen LogP contribution in [0.4, 0.5) is 0 Å². The molecule has 2 atom stereocenters. The van der Waals surface area contributed by atoms with E-state index in [4.69, 9.17) is 4.74 Å². The van der Waals surface area contributed by atoms with Crippen LogP contribution in [0.3, 0.4) is 0 Å². The highest BCUT2D eigenvalue weighted by atomic mass is 16.5. The summed E-state index contributed by atoms with van der Waals surface area (Å²) in [6, 6.07) is 0.0533. The van der Waals surface area contributed by atoms with Crippen LogP contribution in [0.2, 0.25) is 0 Å². The first kappa shape index (κ1) is 21.9. The van der Waals surface area contributed by atoms with Crippen LogP contribution >= 0.6 is 0 Å². The molecule has 136 valence electrons. The largest absolute Gasteiger partial charge is 0.466 e. The zero-order valence-corrected chi connectivity index (χ0v) is 15.8. The second-order valence-corrected chi connectivity index (χ2v) is 6.95. The van der Waals surface area contributed by atoms with E-state index in [0.717, 1.165) is 19.3 Å². The third-order valence-corrected chi connectivity index (χ3v) is 3.96. The number of nitrogens with one attached hydrogen (secondary N) is 1. The monoisotopic (exact) mass is 327 g/mol. The van der Waals surface area contributed by atoms with E-state index in [9.17, 15) is 9.59 Å².